The minimum atomic E-state index is 0.236. The summed E-state index contributed by atoms with van der Waals surface area (Å²) in [6, 6.07) is 0. The van der Waals surface area contributed by atoms with Crippen molar-refractivity contribution in [2.75, 3.05) is 6.54 Å². The molecular weight excluding hydrogens is 258 g/mol. The van der Waals surface area contributed by atoms with Gasteiger partial charge in [-0.05, 0) is 31.1 Å². The third-order valence-electron chi connectivity index (χ3n) is 4.88. The highest BCUT2D eigenvalue weighted by atomic mass is 35.5. The van der Waals surface area contributed by atoms with Crippen LogP contribution in [0.5, 0.6) is 0 Å². The van der Waals surface area contributed by atoms with Crippen LogP contribution in [0.1, 0.15) is 70.6 Å². The predicted octanol–water partition coefficient (Wildman–Crippen LogP) is 4.26. The van der Waals surface area contributed by atoms with Crippen molar-refractivity contribution < 1.29 is 4.79 Å². The summed E-state index contributed by atoms with van der Waals surface area (Å²) in [6.45, 7) is 0.789. The predicted molar refractivity (Wildman–Crippen MR) is 80.4 cm³/mol. The van der Waals surface area contributed by atoms with Crippen LogP contribution in [0.15, 0.2) is 0 Å². The van der Waals surface area contributed by atoms with E-state index in [9.17, 15) is 4.79 Å². The van der Waals surface area contributed by atoms with E-state index in [4.69, 9.17) is 11.6 Å². The zero-order valence-electron chi connectivity index (χ0n) is 12.0. The zero-order valence-corrected chi connectivity index (χ0v) is 12.8. The number of hydrogen-bond donors (Lipinski definition) is 1. The van der Waals surface area contributed by atoms with Gasteiger partial charge in [-0.2, -0.15) is 0 Å². The number of nitrogens with one attached hydrogen (secondary N) is 1. The number of carbonyl (C=O) groups excluding carboxylic acids is 1. The Morgan fingerprint density at radius 2 is 1.68 bits per heavy atom. The third-order valence-corrected chi connectivity index (χ3v) is 5.46. The van der Waals surface area contributed by atoms with Gasteiger partial charge in [0.15, 0.2) is 0 Å². The first-order valence-corrected chi connectivity index (χ1v) is 8.60. The fourth-order valence-electron chi connectivity index (χ4n) is 3.54. The van der Waals surface area contributed by atoms with E-state index in [0.717, 1.165) is 25.3 Å². The van der Waals surface area contributed by atoms with E-state index in [1.54, 1.807) is 0 Å². The van der Waals surface area contributed by atoms with Gasteiger partial charge in [0.25, 0.3) is 0 Å². The smallest absolute Gasteiger partial charge is 0.220 e. The Labute approximate surface area is 122 Å². The lowest BCUT2D eigenvalue weighted by molar-refractivity contribution is -0.121. The van der Waals surface area contributed by atoms with Gasteiger partial charge in [-0.15, -0.1) is 11.6 Å². The molecule has 0 aliphatic heterocycles. The van der Waals surface area contributed by atoms with Crippen molar-refractivity contribution in [2.24, 2.45) is 11.8 Å². The first-order valence-electron chi connectivity index (χ1n) is 8.16. The second kappa shape index (κ2) is 8.14. The Balaban J connectivity index is 1.58. The van der Waals surface area contributed by atoms with Crippen LogP contribution in [0.25, 0.3) is 0 Å². The molecule has 19 heavy (non-hydrogen) atoms. The minimum Gasteiger partial charge on any atom is -0.356 e. The third kappa shape index (κ3) is 5.33. The molecule has 2 aliphatic rings. The van der Waals surface area contributed by atoms with Crippen LogP contribution in [0.2, 0.25) is 0 Å². The van der Waals surface area contributed by atoms with Crippen LogP contribution in [-0.2, 0) is 4.79 Å². The first kappa shape index (κ1) is 15.2. The van der Waals surface area contributed by atoms with Gasteiger partial charge >= 0.3 is 0 Å². The monoisotopic (exact) mass is 285 g/mol. The Bertz CT molecular complexity index is 276. The van der Waals surface area contributed by atoms with Gasteiger partial charge in [0.05, 0.1) is 0 Å². The summed E-state index contributed by atoms with van der Waals surface area (Å²) in [6.07, 6.45) is 13.4. The highest BCUT2D eigenvalue weighted by Crippen LogP contribution is 2.29. The van der Waals surface area contributed by atoms with Crippen LogP contribution in [0.4, 0.5) is 0 Å². The normalized spacial score (nSPS) is 29.1. The van der Waals surface area contributed by atoms with E-state index in [0.29, 0.717) is 12.3 Å². The molecule has 2 fully saturated rings. The number of amides is 1. The molecule has 2 rings (SSSR count). The van der Waals surface area contributed by atoms with Gasteiger partial charge in [-0.3, -0.25) is 4.79 Å². The van der Waals surface area contributed by atoms with Gasteiger partial charge in [-0.1, -0.05) is 44.9 Å². The van der Waals surface area contributed by atoms with Gasteiger partial charge in [0.1, 0.15) is 0 Å². The summed E-state index contributed by atoms with van der Waals surface area (Å²) >= 11 is 6.31. The molecule has 0 aromatic rings. The maximum Gasteiger partial charge on any atom is 0.220 e. The van der Waals surface area contributed by atoms with Gasteiger partial charge in [-0.25, -0.2) is 0 Å². The molecule has 0 aromatic heterocycles. The summed E-state index contributed by atoms with van der Waals surface area (Å²) in [5.41, 5.74) is 0. The Kier molecular flexibility index (Phi) is 6.49. The van der Waals surface area contributed by atoms with Crippen molar-refractivity contribution in [2.45, 2.75) is 76.0 Å². The van der Waals surface area contributed by atoms with Crippen molar-refractivity contribution in [1.82, 2.24) is 5.32 Å². The quantitative estimate of drug-likeness (QED) is 0.751. The molecule has 0 bridgehead atoms. The van der Waals surface area contributed by atoms with E-state index >= 15 is 0 Å². The molecule has 1 amide bonds. The van der Waals surface area contributed by atoms with Crippen LogP contribution in [0, 0.1) is 11.8 Å². The fraction of sp³-hybridized carbons (Fsp3) is 0.938. The molecule has 2 aliphatic carbocycles. The molecule has 0 aromatic carbocycles. The zero-order chi connectivity index (χ0) is 13.5. The van der Waals surface area contributed by atoms with E-state index < -0.39 is 0 Å². The summed E-state index contributed by atoms with van der Waals surface area (Å²) in [5, 5.41) is 3.37. The number of alkyl halides is 1. The van der Waals surface area contributed by atoms with Gasteiger partial charge < -0.3 is 5.32 Å². The number of carbonyl (C=O) groups is 1. The molecule has 0 radical (unpaired) electrons. The maximum absolute atomic E-state index is 11.9. The lowest BCUT2D eigenvalue weighted by atomic mass is 9.86. The van der Waals surface area contributed by atoms with E-state index in [1.807, 2.05) is 0 Å². The SMILES string of the molecule is O=C(CCC1CCCCC1)NCC1CCCCC1Cl. The van der Waals surface area contributed by atoms with Crippen molar-refractivity contribution >= 4 is 17.5 Å². The van der Waals surface area contributed by atoms with Crippen molar-refractivity contribution in [3.05, 3.63) is 0 Å². The summed E-state index contributed by atoms with van der Waals surface area (Å²) < 4.78 is 0. The number of rotatable bonds is 5. The largest absolute Gasteiger partial charge is 0.356 e. The average Bonchev–Trinajstić information content (AvgIpc) is 2.45. The van der Waals surface area contributed by atoms with Crippen LogP contribution in [0.3, 0.4) is 0 Å². The molecule has 2 nitrogen and oxygen atoms in total. The van der Waals surface area contributed by atoms with E-state index in [1.165, 1.54) is 51.4 Å². The fourth-order valence-corrected chi connectivity index (χ4v) is 3.91. The van der Waals surface area contributed by atoms with Gasteiger partial charge in [0.2, 0.25) is 5.91 Å². The van der Waals surface area contributed by atoms with Crippen LogP contribution < -0.4 is 5.32 Å². The van der Waals surface area contributed by atoms with Crippen molar-refractivity contribution in [3.8, 4) is 0 Å². The number of halogens is 1. The van der Waals surface area contributed by atoms with Crippen LogP contribution >= 0.6 is 11.6 Å². The highest BCUT2D eigenvalue weighted by Gasteiger charge is 2.23. The molecule has 2 unspecified atom stereocenters. The van der Waals surface area contributed by atoms with Crippen molar-refractivity contribution in [1.29, 1.82) is 0 Å². The molecule has 3 heteroatoms. The van der Waals surface area contributed by atoms with Crippen LogP contribution in [-0.4, -0.2) is 17.8 Å². The molecule has 0 heterocycles. The molecule has 0 spiro atoms. The standard InChI is InChI=1S/C16H28ClNO/c17-15-9-5-4-8-14(15)12-18-16(19)11-10-13-6-2-1-3-7-13/h13-15H,1-12H2,(H,18,19). The topological polar surface area (TPSA) is 29.1 Å². The summed E-state index contributed by atoms with van der Waals surface area (Å²) in [4.78, 5) is 11.9. The van der Waals surface area contributed by atoms with E-state index in [-0.39, 0.29) is 11.3 Å². The Morgan fingerprint density at radius 1 is 1.00 bits per heavy atom. The van der Waals surface area contributed by atoms with Crippen molar-refractivity contribution in [3.63, 3.8) is 0 Å². The molecule has 0 saturated heterocycles. The lowest BCUT2D eigenvalue weighted by Crippen LogP contribution is -2.34. The second-order valence-electron chi connectivity index (χ2n) is 6.41. The minimum absolute atomic E-state index is 0.236. The highest BCUT2D eigenvalue weighted by molar-refractivity contribution is 6.20. The Hall–Kier alpha value is -0.240. The number of hydrogen-bond acceptors (Lipinski definition) is 1. The molecule has 2 atom stereocenters. The Morgan fingerprint density at radius 3 is 2.42 bits per heavy atom. The molecule has 2 saturated carbocycles. The molecular formula is C16H28ClNO. The molecule has 110 valence electrons. The second-order valence-corrected chi connectivity index (χ2v) is 6.97. The average molecular weight is 286 g/mol. The lowest BCUT2D eigenvalue weighted by Gasteiger charge is -2.27. The maximum atomic E-state index is 11.9. The molecule has 1 N–H and O–H groups in total. The first-order chi connectivity index (χ1) is 9.25. The van der Waals surface area contributed by atoms with Gasteiger partial charge in [0, 0.05) is 18.3 Å². The van der Waals surface area contributed by atoms with E-state index in [2.05, 4.69) is 5.32 Å². The summed E-state index contributed by atoms with van der Waals surface area (Å²) in [5.74, 6) is 1.53. The summed E-state index contributed by atoms with van der Waals surface area (Å²) in [7, 11) is 0.